The number of esters is 1. The Morgan fingerprint density at radius 1 is 0.878 bits per heavy atom. The number of benzene rings is 3. The number of aromatic nitrogens is 1. The Morgan fingerprint density at radius 2 is 1.59 bits per heavy atom. The molecule has 0 bridgehead atoms. The number of pyridine rings is 1. The van der Waals surface area contributed by atoms with Gasteiger partial charge in [-0.2, -0.15) is 0 Å². The molecule has 41 heavy (non-hydrogen) atoms. The zero-order chi connectivity index (χ0) is 29.3. The van der Waals surface area contributed by atoms with Gasteiger partial charge in [-0.3, -0.25) is 14.4 Å². The van der Waals surface area contributed by atoms with Crippen LogP contribution in [-0.4, -0.2) is 39.0 Å². The average molecular weight is 556 g/mol. The number of nitrogens with zero attached hydrogens (tertiary/aromatic N) is 1. The van der Waals surface area contributed by atoms with Gasteiger partial charge in [0.15, 0.2) is 0 Å². The number of carbonyl (C=O) groups is 1. The van der Waals surface area contributed by atoms with E-state index in [1.54, 1.807) is 75.9 Å². The first-order valence-corrected chi connectivity index (χ1v) is 12.8. The monoisotopic (exact) mass is 555 g/mol. The van der Waals surface area contributed by atoms with Crippen LogP contribution >= 0.6 is 0 Å². The molecule has 0 fully saturated rings. The van der Waals surface area contributed by atoms with Crippen molar-refractivity contribution in [2.24, 2.45) is 7.05 Å². The summed E-state index contributed by atoms with van der Waals surface area (Å²) >= 11 is 0. The Bertz CT molecular complexity index is 1890. The topological polar surface area (TPSA) is 106 Å². The van der Waals surface area contributed by atoms with Crippen molar-refractivity contribution in [2.75, 3.05) is 28.4 Å². The normalized spacial score (nSPS) is 11.8. The average Bonchev–Trinajstić information content (AvgIpc) is 3.01. The molecule has 0 aliphatic carbocycles. The lowest BCUT2D eigenvalue weighted by atomic mass is 9.86. The number of hydrogen-bond acceptors (Lipinski definition) is 8. The SMILES string of the molecule is COC(=O)C[C@@H](c1cc2ccc(OC)cc2n(C)c1=O)c1c(OC)ccc2c(=O)c(-c3ccc(OC)cc3)coc12. The number of hydrogen-bond donors (Lipinski definition) is 0. The van der Waals surface area contributed by atoms with Crippen molar-refractivity contribution >= 4 is 27.8 Å². The number of aryl methyl sites for hydroxylation is 1. The highest BCUT2D eigenvalue weighted by atomic mass is 16.5. The second-order valence-electron chi connectivity index (χ2n) is 9.49. The molecular weight excluding hydrogens is 526 g/mol. The molecular formula is C32H29NO8. The van der Waals surface area contributed by atoms with Crippen LogP contribution in [0.1, 0.15) is 23.5 Å². The molecule has 0 aliphatic rings. The summed E-state index contributed by atoms with van der Waals surface area (Å²) in [5, 5.41) is 1.05. The zero-order valence-corrected chi connectivity index (χ0v) is 23.3. The highest BCUT2D eigenvalue weighted by molar-refractivity contribution is 5.88. The molecule has 0 N–H and O–H groups in total. The first-order valence-electron chi connectivity index (χ1n) is 12.8. The third kappa shape index (κ3) is 4.91. The molecule has 0 saturated carbocycles. The van der Waals surface area contributed by atoms with Gasteiger partial charge >= 0.3 is 5.97 Å². The van der Waals surface area contributed by atoms with Crippen LogP contribution in [0.3, 0.4) is 0 Å². The highest BCUT2D eigenvalue weighted by Gasteiger charge is 2.30. The Kier molecular flexibility index (Phi) is 7.52. The van der Waals surface area contributed by atoms with E-state index in [-0.39, 0.29) is 28.4 Å². The lowest BCUT2D eigenvalue weighted by molar-refractivity contribution is -0.140. The van der Waals surface area contributed by atoms with Gasteiger partial charge in [0.05, 0.1) is 51.3 Å². The largest absolute Gasteiger partial charge is 0.497 e. The molecule has 0 unspecified atom stereocenters. The van der Waals surface area contributed by atoms with Crippen LogP contribution in [0, 0.1) is 0 Å². The van der Waals surface area contributed by atoms with Gasteiger partial charge in [0.1, 0.15) is 29.1 Å². The number of rotatable bonds is 8. The van der Waals surface area contributed by atoms with E-state index in [1.165, 1.54) is 25.0 Å². The molecule has 0 spiro atoms. The van der Waals surface area contributed by atoms with Crippen molar-refractivity contribution in [2.45, 2.75) is 12.3 Å². The van der Waals surface area contributed by atoms with E-state index in [4.69, 9.17) is 23.4 Å². The van der Waals surface area contributed by atoms with Gasteiger partial charge in [-0.1, -0.05) is 12.1 Å². The summed E-state index contributed by atoms with van der Waals surface area (Å²) in [6, 6.07) is 17.5. The van der Waals surface area contributed by atoms with E-state index in [1.807, 2.05) is 6.07 Å². The molecule has 9 nitrogen and oxygen atoms in total. The maximum Gasteiger partial charge on any atom is 0.306 e. The van der Waals surface area contributed by atoms with Gasteiger partial charge in [0, 0.05) is 30.2 Å². The first-order chi connectivity index (χ1) is 19.8. The fraction of sp³-hybridized carbons (Fsp3) is 0.219. The minimum atomic E-state index is -0.846. The van der Waals surface area contributed by atoms with Crippen LogP contribution in [0.25, 0.3) is 33.0 Å². The summed E-state index contributed by atoms with van der Waals surface area (Å²) in [5.74, 6) is 0.247. The quantitative estimate of drug-likeness (QED) is 0.246. The summed E-state index contributed by atoms with van der Waals surface area (Å²) in [6.07, 6.45) is 1.20. The van der Waals surface area contributed by atoms with Crippen LogP contribution in [0.2, 0.25) is 0 Å². The predicted molar refractivity (Wildman–Crippen MR) is 155 cm³/mol. The predicted octanol–water partition coefficient (Wildman–Crippen LogP) is 5.03. The van der Waals surface area contributed by atoms with E-state index in [0.717, 1.165) is 5.39 Å². The van der Waals surface area contributed by atoms with Crippen molar-refractivity contribution in [1.82, 2.24) is 4.57 Å². The summed E-state index contributed by atoms with van der Waals surface area (Å²) in [7, 11) is 7.55. The fourth-order valence-electron chi connectivity index (χ4n) is 5.14. The van der Waals surface area contributed by atoms with Crippen molar-refractivity contribution in [3.8, 4) is 28.4 Å². The molecule has 1 atom stereocenters. The molecule has 210 valence electrons. The highest BCUT2D eigenvalue weighted by Crippen LogP contribution is 2.40. The van der Waals surface area contributed by atoms with Gasteiger partial charge in [-0.25, -0.2) is 0 Å². The Labute approximate surface area is 235 Å². The molecule has 2 heterocycles. The maximum atomic E-state index is 13.8. The summed E-state index contributed by atoms with van der Waals surface area (Å²) in [4.78, 5) is 40.2. The van der Waals surface area contributed by atoms with Crippen LogP contribution < -0.4 is 25.2 Å². The minimum Gasteiger partial charge on any atom is -0.497 e. The van der Waals surface area contributed by atoms with E-state index < -0.39 is 11.9 Å². The first kappa shape index (κ1) is 27.5. The van der Waals surface area contributed by atoms with Gasteiger partial charge in [-0.05, 0) is 53.4 Å². The standard InChI is InChI=1S/C32H29NO8/c1-33-26-15-21(38-3)11-8-19(26)14-24(32(33)36)23(16-28(34)40-5)29-27(39-4)13-12-22-30(35)25(17-41-31(22)29)18-6-9-20(37-2)10-7-18/h6-15,17,23H,16H2,1-5H3/t23-/m0/s1. The zero-order valence-electron chi connectivity index (χ0n) is 23.3. The molecule has 9 heteroatoms. The van der Waals surface area contributed by atoms with Crippen LogP contribution in [0.4, 0.5) is 0 Å². The summed E-state index contributed by atoms with van der Waals surface area (Å²) < 4.78 is 28.9. The van der Waals surface area contributed by atoms with Crippen LogP contribution in [-0.2, 0) is 16.6 Å². The second-order valence-corrected chi connectivity index (χ2v) is 9.49. The Balaban J connectivity index is 1.78. The number of methoxy groups -OCH3 is 4. The van der Waals surface area contributed by atoms with Gasteiger partial charge in [0.2, 0.25) is 5.43 Å². The lowest BCUT2D eigenvalue weighted by Crippen LogP contribution is -2.26. The molecule has 0 radical (unpaired) electrons. The third-order valence-corrected chi connectivity index (χ3v) is 7.34. The van der Waals surface area contributed by atoms with E-state index >= 15 is 0 Å². The Hall–Kier alpha value is -5.05. The van der Waals surface area contributed by atoms with Crippen molar-refractivity contribution in [3.63, 3.8) is 0 Å². The molecule has 5 rings (SSSR count). The van der Waals surface area contributed by atoms with Gasteiger partial charge in [-0.15, -0.1) is 0 Å². The van der Waals surface area contributed by atoms with Crippen LogP contribution in [0.5, 0.6) is 17.2 Å². The summed E-state index contributed by atoms with van der Waals surface area (Å²) in [6.45, 7) is 0. The van der Waals surface area contributed by atoms with Gasteiger partial charge in [0.25, 0.3) is 5.56 Å². The lowest BCUT2D eigenvalue weighted by Gasteiger charge is -2.21. The van der Waals surface area contributed by atoms with Crippen molar-refractivity contribution in [3.05, 3.63) is 98.6 Å². The number of ether oxygens (including phenoxy) is 4. The van der Waals surface area contributed by atoms with Crippen LogP contribution in [0.15, 0.2) is 80.9 Å². The third-order valence-electron chi connectivity index (χ3n) is 7.34. The second kappa shape index (κ2) is 11.2. The van der Waals surface area contributed by atoms with Crippen molar-refractivity contribution in [1.29, 1.82) is 0 Å². The molecule has 3 aromatic carbocycles. The molecule has 0 amide bonds. The van der Waals surface area contributed by atoms with Gasteiger partial charge < -0.3 is 27.9 Å². The van der Waals surface area contributed by atoms with E-state index in [9.17, 15) is 14.4 Å². The minimum absolute atomic E-state index is 0.188. The molecule has 0 saturated heterocycles. The molecule has 0 aliphatic heterocycles. The fourth-order valence-corrected chi connectivity index (χ4v) is 5.14. The molecule has 5 aromatic rings. The van der Waals surface area contributed by atoms with E-state index in [0.29, 0.717) is 45.0 Å². The molecule has 2 aromatic heterocycles. The maximum absolute atomic E-state index is 13.8. The summed E-state index contributed by atoms with van der Waals surface area (Å²) in [5.41, 5.74) is 2.03. The van der Waals surface area contributed by atoms with E-state index in [2.05, 4.69) is 0 Å². The number of carbonyl (C=O) groups excluding carboxylic acids is 1. The smallest absolute Gasteiger partial charge is 0.306 e. The number of fused-ring (bicyclic) bond motifs is 2. The van der Waals surface area contributed by atoms with Crippen molar-refractivity contribution < 1.29 is 28.2 Å². The Morgan fingerprint density at radius 3 is 2.24 bits per heavy atom.